The molecular formula is C7H14FN. The van der Waals surface area contributed by atoms with E-state index in [-0.39, 0.29) is 6.67 Å². The summed E-state index contributed by atoms with van der Waals surface area (Å²) in [7, 11) is 0. The van der Waals surface area contributed by atoms with Gasteiger partial charge in [-0.2, -0.15) is 0 Å². The molecule has 9 heavy (non-hydrogen) atoms. The number of rotatable bonds is 6. The molecule has 0 aliphatic heterocycles. The molecule has 0 saturated heterocycles. The summed E-state index contributed by atoms with van der Waals surface area (Å²) in [6.45, 7) is 5.05. The van der Waals surface area contributed by atoms with Crippen LogP contribution in [-0.2, 0) is 0 Å². The molecule has 54 valence electrons. The first kappa shape index (κ1) is 8.63. The summed E-state index contributed by atoms with van der Waals surface area (Å²) in [5.41, 5.74) is 0. The van der Waals surface area contributed by atoms with Gasteiger partial charge in [-0.25, -0.2) is 0 Å². The molecule has 0 rings (SSSR count). The summed E-state index contributed by atoms with van der Waals surface area (Å²) in [5.74, 6) is 0. The fourth-order valence-corrected chi connectivity index (χ4v) is 0.521. The third-order valence-electron chi connectivity index (χ3n) is 1.01. The Morgan fingerprint density at radius 1 is 1.44 bits per heavy atom. The van der Waals surface area contributed by atoms with Gasteiger partial charge in [0, 0.05) is 0 Å². The minimum Gasteiger partial charge on any atom is -0.316 e. The Hall–Kier alpha value is -0.370. The Balaban J connectivity index is 2.66. The van der Waals surface area contributed by atoms with Gasteiger partial charge in [-0.3, -0.25) is 4.39 Å². The van der Waals surface area contributed by atoms with E-state index in [4.69, 9.17) is 0 Å². The predicted molar refractivity (Wildman–Crippen MR) is 38.3 cm³/mol. The molecular weight excluding hydrogens is 117 g/mol. The van der Waals surface area contributed by atoms with Crippen LogP contribution < -0.4 is 5.32 Å². The maximum Gasteiger partial charge on any atom is 0.0906 e. The van der Waals surface area contributed by atoms with E-state index in [0.717, 1.165) is 19.5 Å². The summed E-state index contributed by atoms with van der Waals surface area (Å²) in [6.07, 6.45) is 3.44. The highest BCUT2D eigenvalue weighted by molar-refractivity contribution is 4.67. The lowest BCUT2D eigenvalue weighted by Gasteiger charge is -1.97. The Kier molecular flexibility index (Phi) is 7.32. The van der Waals surface area contributed by atoms with Gasteiger partial charge in [0.2, 0.25) is 0 Å². The zero-order valence-corrected chi connectivity index (χ0v) is 5.70. The van der Waals surface area contributed by atoms with E-state index in [9.17, 15) is 4.39 Å². The number of hydrogen-bond acceptors (Lipinski definition) is 1. The quantitative estimate of drug-likeness (QED) is 0.425. The minimum atomic E-state index is -0.221. The van der Waals surface area contributed by atoms with Crippen LogP contribution in [0.5, 0.6) is 0 Å². The van der Waals surface area contributed by atoms with Crippen molar-refractivity contribution < 1.29 is 4.39 Å². The number of alkyl halides is 1. The van der Waals surface area contributed by atoms with Crippen LogP contribution in [-0.4, -0.2) is 19.8 Å². The van der Waals surface area contributed by atoms with E-state index in [1.807, 2.05) is 6.08 Å². The molecule has 1 nitrogen and oxygen atoms in total. The van der Waals surface area contributed by atoms with E-state index in [1.165, 1.54) is 0 Å². The van der Waals surface area contributed by atoms with Crippen LogP contribution in [0.3, 0.4) is 0 Å². The highest BCUT2D eigenvalue weighted by Gasteiger charge is 1.83. The standard InChI is InChI=1S/C7H14FN/c1-2-3-6-9-7-4-5-8/h2,9H,1,3-7H2. The fraction of sp³-hybridized carbons (Fsp3) is 0.714. The van der Waals surface area contributed by atoms with Crippen LogP contribution in [0.25, 0.3) is 0 Å². The first-order valence-electron chi connectivity index (χ1n) is 3.29. The van der Waals surface area contributed by atoms with Crippen molar-refractivity contribution in [3.63, 3.8) is 0 Å². The zero-order chi connectivity index (χ0) is 6.95. The fourth-order valence-electron chi connectivity index (χ4n) is 0.521. The van der Waals surface area contributed by atoms with Gasteiger partial charge >= 0.3 is 0 Å². The topological polar surface area (TPSA) is 12.0 Å². The molecule has 0 unspecified atom stereocenters. The Bertz CT molecular complexity index is 63.9. The maximum absolute atomic E-state index is 11.4. The summed E-state index contributed by atoms with van der Waals surface area (Å²) >= 11 is 0. The summed E-state index contributed by atoms with van der Waals surface area (Å²) < 4.78 is 11.4. The highest BCUT2D eigenvalue weighted by Crippen LogP contribution is 1.78. The maximum atomic E-state index is 11.4. The molecule has 0 bridgehead atoms. The van der Waals surface area contributed by atoms with Gasteiger partial charge in [-0.1, -0.05) is 6.08 Å². The number of hydrogen-bond donors (Lipinski definition) is 1. The molecule has 0 aliphatic rings. The van der Waals surface area contributed by atoms with Crippen molar-refractivity contribution in [2.75, 3.05) is 19.8 Å². The van der Waals surface area contributed by atoms with Gasteiger partial charge < -0.3 is 5.32 Å². The third kappa shape index (κ3) is 7.63. The molecule has 1 N–H and O–H groups in total. The van der Waals surface area contributed by atoms with Gasteiger partial charge in [0.05, 0.1) is 6.67 Å². The third-order valence-corrected chi connectivity index (χ3v) is 1.01. The van der Waals surface area contributed by atoms with Crippen molar-refractivity contribution in [1.82, 2.24) is 5.32 Å². The van der Waals surface area contributed by atoms with Gasteiger partial charge in [0.1, 0.15) is 0 Å². The Morgan fingerprint density at radius 2 is 2.22 bits per heavy atom. The van der Waals surface area contributed by atoms with Crippen LogP contribution in [0.2, 0.25) is 0 Å². The molecule has 0 amide bonds. The first-order chi connectivity index (χ1) is 4.41. The number of halogens is 1. The molecule has 0 aromatic carbocycles. The van der Waals surface area contributed by atoms with Crippen LogP contribution in [0, 0.1) is 0 Å². The molecule has 0 radical (unpaired) electrons. The predicted octanol–water partition coefficient (Wildman–Crippen LogP) is 1.51. The lowest BCUT2D eigenvalue weighted by atomic mass is 10.4. The van der Waals surface area contributed by atoms with E-state index < -0.39 is 0 Å². The van der Waals surface area contributed by atoms with E-state index in [1.54, 1.807) is 0 Å². The van der Waals surface area contributed by atoms with E-state index in [0.29, 0.717) is 6.42 Å². The van der Waals surface area contributed by atoms with Crippen LogP contribution in [0.4, 0.5) is 4.39 Å². The second kappa shape index (κ2) is 7.63. The van der Waals surface area contributed by atoms with Crippen molar-refractivity contribution in [2.24, 2.45) is 0 Å². The second-order valence-electron chi connectivity index (χ2n) is 1.87. The van der Waals surface area contributed by atoms with Gasteiger partial charge in [0.15, 0.2) is 0 Å². The molecule has 0 aromatic rings. The molecule has 0 saturated carbocycles. The van der Waals surface area contributed by atoms with Gasteiger partial charge in [-0.05, 0) is 25.9 Å². The zero-order valence-electron chi connectivity index (χ0n) is 5.70. The van der Waals surface area contributed by atoms with E-state index in [2.05, 4.69) is 11.9 Å². The van der Waals surface area contributed by atoms with Crippen LogP contribution in [0.1, 0.15) is 12.8 Å². The molecule has 0 atom stereocenters. The van der Waals surface area contributed by atoms with Crippen LogP contribution >= 0.6 is 0 Å². The van der Waals surface area contributed by atoms with Crippen molar-refractivity contribution in [3.8, 4) is 0 Å². The molecule has 0 aromatic heterocycles. The van der Waals surface area contributed by atoms with Crippen molar-refractivity contribution >= 4 is 0 Å². The SMILES string of the molecule is C=CCCNCCCF. The first-order valence-corrected chi connectivity index (χ1v) is 3.29. The lowest BCUT2D eigenvalue weighted by molar-refractivity contribution is 0.460. The normalized spacial score (nSPS) is 9.44. The second-order valence-corrected chi connectivity index (χ2v) is 1.87. The Morgan fingerprint density at radius 3 is 2.78 bits per heavy atom. The van der Waals surface area contributed by atoms with Crippen molar-refractivity contribution in [2.45, 2.75) is 12.8 Å². The van der Waals surface area contributed by atoms with E-state index >= 15 is 0 Å². The van der Waals surface area contributed by atoms with Gasteiger partial charge in [-0.15, -0.1) is 6.58 Å². The Labute approximate surface area is 56.0 Å². The molecule has 0 heterocycles. The highest BCUT2D eigenvalue weighted by atomic mass is 19.1. The summed E-state index contributed by atoms with van der Waals surface area (Å²) in [6, 6.07) is 0. The average Bonchev–Trinajstić information content (AvgIpc) is 1.89. The monoisotopic (exact) mass is 131 g/mol. The van der Waals surface area contributed by atoms with Crippen molar-refractivity contribution in [1.29, 1.82) is 0 Å². The van der Waals surface area contributed by atoms with Crippen molar-refractivity contribution in [3.05, 3.63) is 12.7 Å². The summed E-state index contributed by atoms with van der Waals surface area (Å²) in [4.78, 5) is 0. The summed E-state index contributed by atoms with van der Waals surface area (Å²) in [5, 5.41) is 3.08. The molecule has 0 aliphatic carbocycles. The lowest BCUT2D eigenvalue weighted by Crippen LogP contribution is -2.16. The smallest absolute Gasteiger partial charge is 0.0906 e. The number of nitrogens with one attached hydrogen (secondary N) is 1. The minimum absolute atomic E-state index is 0.221. The molecule has 2 heteroatoms. The average molecular weight is 131 g/mol. The van der Waals surface area contributed by atoms with Crippen LogP contribution in [0.15, 0.2) is 12.7 Å². The largest absolute Gasteiger partial charge is 0.316 e. The molecule has 0 fully saturated rings. The van der Waals surface area contributed by atoms with Gasteiger partial charge in [0.25, 0.3) is 0 Å². The molecule has 0 spiro atoms.